The van der Waals surface area contributed by atoms with Gasteiger partial charge in [-0.15, -0.1) is 11.3 Å². The first-order valence-corrected chi connectivity index (χ1v) is 8.96. The number of thiophene rings is 1. The summed E-state index contributed by atoms with van der Waals surface area (Å²) in [6.07, 6.45) is 4.83. The third kappa shape index (κ3) is 2.53. The third-order valence-corrected chi connectivity index (χ3v) is 5.88. The zero-order valence-corrected chi connectivity index (χ0v) is 14.3. The van der Waals surface area contributed by atoms with Crippen molar-refractivity contribution in [3.8, 4) is 6.07 Å². The van der Waals surface area contributed by atoms with Crippen molar-refractivity contribution in [2.45, 2.75) is 32.7 Å². The first-order valence-electron chi connectivity index (χ1n) is 8.14. The zero-order valence-electron chi connectivity index (χ0n) is 13.5. The zero-order chi connectivity index (χ0) is 16.7. The van der Waals surface area contributed by atoms with Crippen molar-refractivity contribution in [1.29, 1.82) is 5.26 Å². The molecule has 0 saturated carbocycles. The van der Waals surface area contributed by atoms with E-state index in [1.54, 1.807) is 34.4 Å². The van der Waals surface area contributed by atoms with Gasteiger partial charge in [0.2, 0.25) is 0 Å². The Balaban J connectivity index is 1.75. The molecule has 1 aliphatic rings. The molecule has 0 spiro atoms. The maximum atomic E-state index is 12.9. The number of nitrogens with zero attached hydrogens (tertiary/aromatic N) is 3. The summed E-state index contributed by atoms with van der Waals surface area (Å²) in [6, 6.07) is 9.44. The number of rotatable bonds is 2. The average Bonchev–Trinajstić information content (AvgIpc) is 2.96. The van der Waals surface area contributed by atoms with E-state index in [2.05, 4.69) is 18.0 Å². The normalized spacial score (nSPS) is 16.8. The van der Waals surface area contributed by atoms with Gasteiger partial charge in [-0.3, -0.25) is 9.36 Å². The van der Waals surface area contributed by atoms with Crippen molar-refractivity contribution in [1.82, 2.24) is 9.55 Å². The molecule has 2 heterocycles. The molecule has 120 valence electrons. The molecule has 1 atom stereocenters. The number of aromatic nitrogens is 2. The van der Waals surface area contributed by atoms with Crippen LogP contribution in [0.3, 0.4) is 0 Å². The summed E-state index contributed by atoms with van der Waals surface area (Å²) in [5.74, 6) is 0.687. The summed E-state index contributed by atoms with van der Waals surface area (Å²) in [5, 5.41) is 9.69. The molecule has 2 aromatic heterocycles. The second-order valence-electron chi connectivity index (χ2n) is 6.52. The van der Waals surface area contributed by atoms with Gasteiger partial charge in [0.1, 0.15) is 4.83 Å². The van der Waals surface area contributed by atoms with Crippen LogP contribution in [0.2, 0.25) is 0 Å². The van der Waals surface area contributed by atoms with Crippen molar-refractivity contribution in [3.05, 3.63) is 62.5 Å². The van der Waals surface area contributed by atoms with Crippen LogP contribution in [0.5, 0.6) is 0 Å². The Bertz CT molecular complexity index is 1010. The van der Waals surface area contributed by atoms with Gasteiger partial charge in [-0.2, -0.15) is 5.26 Å². The maximum absolute atomic E-state index is 12.9. The van der Waals surface area contributed by atoms with Gasteiger partial charge in [-0.05, 0) is 48.4 Å². The van der Waals surface area contributed by atoms with Crippen molar-refractivity contribution in [2.75, 3.05) is 0 Å². The number of fused-ring (bicyclic) bond motifs is 3. The molecule has 0 amide bonds. The van der Waals surface area contributed by atoms with Crippen LogP contribution in [0, 0.1) is 17.2 Å². The van der Waals surface area contributed by atoms with Gasteiger partial charge >= 0.3 is 0 Å². The topological polar surface area (TPSA) is 58.7 Å². The van der Waals surface area contributed by atoms with Crippen LogP contribution >= 0.6 is 11.3 Å². The lowest BCUT2D eigenvalue weighted by Gasteiger charge is -2.17. The minimum atomic E-state index is 0.0522. The van der Waals surface area contributed by atoms with Crippen LogP contribution in [0.1, 0.15) is 34.9 Å². The Labute approximate surface area is 144 Å². The Morgan fingerprint density at radius 1 is 1.38 bits per heavy atom. The van der Waals surface area contributed by atoms with E-state index in [9.17, 15) is 4.79 Å². The highest BCUT2D eigenvalue weighted by atomic mass is 32.1. The minimum absolute atomic E-state index is 0.0522. The molecule has 0 radical (unpaired) electrons. The SMILES string of the molecule is CC1CCc2c(sc3ncn(Cc4ccc(C#N)cc4)c(=O)c23)C1. The molecular weight excluding hydrogens is 318 g/mol. The number of hydrogen-bond donors (Lipinski definition) is 0. The van der Waals surface area contributed by atoms with Crippen LogP contribution in [0.15, 0.2) is 35.4 Å². The van der Waals surface area contributed by atoms with E-state index < -0.39 is 0 Å². The molecule has 4 nitrogen and oxygen atoms in total. The quantitative estimate of drug-likeness (QED) is 0.720. The van der Waals surface area contributed by atoms with E-state index >= 15 is 0 Å². The second-order valence-corrected chi connectivity index (χ2v) is 7.60. The lowest BCUT2D eigenvalue weighted by Crippen LogP contribution is -2.22. The summed E-state index contributed by atoms with van der Waals surface area (Å²) < 4.78 is 1.68. The molecule has 0 fully saturated rings. The average molecular weight is 335 g/mol. The van der Waals surface area contributed by atoms with E-state index in [1.807, 2.05) is 12.1 Å². The van der Waals surface area contributed by atoms with E-state index in [0.29, 0.717) is 18.0 Å². The summed E-state index contributed by atoms with van der Waals surface area (Å²) in [4.78, 5) is 19.7. The van der Waals surface area contributed by atoms with Gasteiger partial charge in [-0.1, -0.05) is 19.1 Å². The molecule has 1 aliphatic carbocycles. The first kappa shape index (κ1) is 15.1. The Morgan fingerprint density at radius 3 is 2.92 bits per heavy atom. The predicted molar refractivity (Wildman–Crippen MR) is 95.3 cm³/mol. The van der Waals surface area contributed by atoms with Crippen LogP contribution in [-0.4, -0.2) is 9.55 Å². The maximum Gasteiger partial charge on any atom is 0.262 e. The summed E-state index contributed by atoms with van der Waals surface area (Å²) in [6.45, 7) is 2.75. The molecular formula is C19H17N3OS. The fraction of sp³-hybridized carbons (Fsp3) is 0.316. The van der Waals surface area contributed by atoms with Crippen molar-refractivity contribution >= 4 is 21.6 Å². The van der Waals surface area contributed by atoms with Crippen molar-refractivity contribution < 1.29 is 0 Å². The van der Waals surface area contributed by atoms with E-state index in [1.165, 1.54) is 10.4 Å². The minimum Gasteiger partial charge on any atom is -0.294 e. The van der Waals surface area contributed by atoms with Crippen molar-refractivity contribution in [2.24, 2.45) is 5.92 Å². The van der Waals surface area contributed by atoms with Gasteiger partial charge in [0.25, 0.3) is 5.56 Å². The summed E-state index contributed by atoms with van der Waals surface area (Å²) in [5.41, 5.74) is 2.90. The smallest absolute Gasteiger partial charge is 0.262 e. The van der Waals surface area contributed by atoms with Crippen LogP contribution in [-0.2, 0) is 19.4 Å². The number of nitriles is 1. The summed E-state index contributed by atoms with van der Waals surface area (Å²) in [7, 11) is 0. The molecule has 1 unspecified atom stereocenters. The second kappa shape index (κ2) is 5.88. The highest BCUT2D eigenvalue weighted by Crippen LogP contribution is 2.35. The van der Waals surface area contributed by atoms with Crippen LogP contribution in [0.4, 0.5) is 0 Å². The highest BCUT2D eigenvalue weighted by molar-refractivity contribution is 7.18. The molecule has 0 bridgehead atoms. The van der Waals surface area contributed by atoms with Gasteiger partial charge in [0, 0.05) is 4.88 Å². The van der Waals surface area contributed by atoms with Crippen molar-refractivity contribution in [3.63, 3.8) is 0 Å². The largest absolute Gasteiger partial charge is 0.294 e. The van der Waals surface area contributed by atoms with E-state index in [4.69, 9.17) is 5.26 Å². The van der Waals surface area contributed by atoms with E-state index in [0.717, 1.165) is 35.0 Å². The Kier molecular flexibility index (Phi) is 3.70. The Morgan fingerprint density at radius 2 is 2.17 bits per heavy atom. The number of benzene rings is 1. The van der Waals surface area contributed by atoms with E-state index in [-0.39, 0.29) is 5.56 Å². The third-order valence-electron chi connectivity index (χ3n) is 4.72. The predicted octanol–water partition coefficient (Wildman–Crippen LogP) is 3.50. The lowest BCUT2D eigenvalue weighted by atomic mass is 9.89. The molecule has 0 saturated heterocycles. The molecule has 0 aliphatic heterocycles. The molecule has 5 heteroatoms. The summed E-state index contributed by atoms with van der Waals surface area (Å²) >= 11 is 1.68. The monoisotopic (exact) mass is 335 g/mol. The number of aryl methyl sites for hydroxylation is 1. The Hall–Kier alpha value is -2.45. The van der Waals surface area contributed by atoms with Gasteiger partial charge in [0.15, 0.2) is 0 Å². The van der Waals surface area contributed by atoms with Gasteiger partial charge in [0.05, 0.1) is 29.9 Å². The molecule has 1 aromatic carbocycles. The molecule has 3 aromatic rings. The van der Waals surface area contributed by atoms with Crippen LogP contribution in [0.25, 0.3) is 10.2 Å². The van der Waals surface area contributed by atoms with Gasteiger partial charge in [-0.25, -0.2) is 4.98 Å². The standard InChI is InChI=1S/C19H17N3OS/c1-12-2-7-15-16(8-12)24-18-17(15)19(23)22(11-21-18)10-14-5-3-13(9-20)4-6-14/h3-6,11-12H,2,7-8,10H2,1H3. The molecule has 0 N–H and O–H groups in total. The molecule has 4 rings (SSSR count). The number of hydrogen-bond acceptors (Lipinski definition) is 4. The highest BCUT2D eigenvalue weighted by Gasteiger charge is 2.23. The van der Waals surface area contributed by atoms with Crippen LogP contribution < -0.4 is 5.56 Å². The lowest BCUT2D eigenvalue weighted by molar-refractivity contribution is 0.509. The fourth-order valence-corrected chi connectivity index (χ4v) is 4.70. The van der Waals surface area contributed by atoms with Gasteiger partial charge < -0.3 is 0 Å². The fourth-order valence-electron chi connectivity index (χ4n) is 3.36. The first-order chi connectivity index (χ1) is 11.7. The molecule has 24 heavy (non-hydrogen) atoms.